The molecule has 0 bridgehead atoms. The summed E-state index contributed by atoms with van der Waals surface area (Å²) in [5.41, 5.74) is 14.9. The Morgan fingerprint density at radius 1 is 0.822 bits per heavy atom. The molecular formula is C52H65N9O12. The molecule has 21 heteroatoms. The van der Waals surface area contributed by atoms with Gasteiger partial charge in [-0.25, -0.2) is 14.5 Å². The first-order chi connectivity index (χ1) is 35.0. The number of methoxy groups -OCH3 is 2. The van der Waals surface area contributed by atoms with Crippen molar-refractivity contribution >= 4 is 59.0 Å². The number of hydrogen-bond acceptors (Lipinski definition) is 14. The number of primary amides is 1. The molecule has 21 nitrogen and oxygen atoms in total. The SMILES string of the molecule is C=C1C[C@H]2C=Nc3cc(OCCCCCOc4cc5c(cc4OC)C(=O)N4CC(=C)C[C@H]4[C@H](O)N5C(=O)OCc4ccc(NC(=O)[C@H](CCCNC(N)=O)NC(=O)[C@@H](N)C(C)C)cc4)c(OC)cc3C(=O)N2C1. The highest BCUT2D eigenvalue weighted by molar-refractivity contribution is 6.06. The summed E-state index contributed by atoms with van der Waals surface area (Å²) in [5.74, 6) is -0.363. The van der Waals surface area contributed by atoms with Gasteiger partial charge < -0.3 is 66.0 Å². The van der Waals surface area contributed by atoms with Gasteiger partial charge in [-0.3, -0.25) is 24.2 Å². The lowest BCUT2D eigenvalue weighted by Gasteiger charge is -2.31. The van der Waals surface area contributed by atoms with Gasteiger partial charge >= 0.3 is 12.1 Å². The quantitative estimate of drug-likeness (QED) is 0.0612. The topological polar surface area (TPSA) is 279 Å². The van der Waals surface area contributed by atoms with Gasteiger partial charge in [0.15, 0.2) is 29.2 Å². The maximum Gasteiger partial charge on any atom is 0.416 e. The second-order valence-corrected chi connectivity index (χ2v) is 18.8. The van der Waals surface area contributed by atoms with Crippen LogP contribution in [-0.2, 0) is 20.9 Å². The Kier molecular flexibility index (Phi) is 17.3. The highest BCUT2D eigenvalue weighted by atomic mass is 16.6. The summed E-state index contributed by atoms with van der Waals surface area (Å²) in [6, 6.07) is 9.37. The fraction of sp³-hybridized carbons (Fsp3) is 0.442. The van der Waals surface area contributed by atoms with E-state index >= 15 is 0 Å². The van der Waals surface area contributed by atoms with Crippen molar-refractivity contribution in [2.24, 2.45) is 22.4 Å². The minimum atomic E-state index is -1.52. The van der Waals surface area contributed by atoms with E-state index in [2.05, 4.69) is 34.1 Å². The molecule has 0 unspecified atom stereocenters. The highest BCUT2D eigenvalue weighted by Crippen LogP contribution is 2.43. The Labute approximate surface area is 423 Å². The van der Waals surface area contributed by atoms with Crippen LogP contribution in [-0.4, -0.2) is 134 Å². The van der Waals surface area contributed by atoms with Crippen molar-refractivity contribution in [1.82, 2.24) is 20.4 Å². The van der Waals surface area contributed by atoms with Crippen molar-refractivity contribution in [3.05, 3.63) is 89.5 Å². The number of nitrogens with one attached hydrogen (secondary N) is 3. The number of aliphatic hydroxyl groups excluding tert-OH is 1. The van der Waals surface area contributed by atoms with Crippen molar-refractivity contribution in [3.63, 3.8) is 0 Å². The van der Waals surface area contributed by atoms with Gasteiger partial charge in [0.25, 0.3) is 11.8 Å². The second-order valence-electron chi connectivity index (χ2n) is 18.8. The minimum absolute atomic E-state index is 0.0674. The predicted octanol–water partition coefficient (Wildman–Crippen LogP) is 4.92. The largest absolute Gasteiger partial charge is 0.493 e. The normalized spacial score (nSPS) is 18.7. The van der Waals surface area contributed by atoms with E-state index in [9.17, 15) is 33.9 Å². The van der Waals surface area contributed by atoms with Crippen LogP contribution < -0.4 is 51.3 Å². The van der Waals surface area contributed by atoms with Crippen LogP contribution in [0.4, 0.5) is 26.7 Å². The van der Waals surface area contributed by atoms with E-state index in [-0.39, 0.29) is 79.8 Å². The van der Waals surface area contributed by atoms with Gasteiger partial charge in [-0.15, -0.1) is 0 Å². The van der Waals surface area contributed by atoms with E-state index in [1.54, 1.807) is 61.4 Å². The predicted molar refractivity (Wildman–Crippen MR) is 271 cm³/mol. The molecule has 0 spiro atoms. The average molecular weight is 1010 g/mol. The molecule has 4 aliphatic heterocycles. The first kappa shape index (κ1) is 53.2. The number of unbranched alkanes of at least 4 members (excludes halogenated alkanes) is 2. The average Bonchev–Trinajstić information content (AvgIpc) is 3.91. The fourth-order valence-electron chi connectivity index (χ4n) is 9.02. The summed E-state index contributed by atoms with van der Waals surface area (Å²) in [7, 11) is 2.96. The van der Waals surface area contributed by atoms with Gasteiger partial charge in [-0.05, 0) is 80.7 Å². The van der Waals surface area contributed by atoms with Gasteiger partial charge in [0, 0.05) is 43.7 Å². The summed E-state index contributed by atoms with van der Waals surface area (Å²) in [5, 5.41) is 19.8. The number of nitrogens with zero attached hydrogens (tertiary/aromatic N) is 4. The molecule has 4 heterocycles. The summed E-state index contributed by atoms with van der Waals surface area (Å²) in [4.78, 5) is 87.9. The number of rotatable bonds is 21. The molecule has 4 aliphatic rings. The third-order valence-electron chi connectivity index (χ3n) is 13.1. The van der Waals surface area contributed by atoms with E-state index in [4.69, 9.17) is 35.2 Å². The highest BCUT2D eigenvalue weighted by Gasteiger charge is 2.46. The third-order valence-corrected chi connectivity index (χ3v) is 13.1. The van der Waals surface area contributed by atoms with E-state index in [0.717, 1.165) is 10.5 Å². The number of nitrogens with two attached hydrogens (primary N) is 2. The lowest BCUT2D eigenvalue weighted by atomic mass is 10.0. The molecule has 8 N–H and O–H groups in total. The van der Waals surface area contributed by atoms with Gasteiger partial charge in [-0.2, -0.15) is 0 Å². The van der Waals surface area contributed by atoms with Crippen LogP contribution in [0.1, 0.15) is 85.1 Å². The second kappa shape index (κ2) is 23.7. The number of ether oxygens (including phenoxy) is 5. The smallest absolute Gasteiger partial charge is 0.416 e. The molecular weight excluding hydrogens is 943 g/mol. The maximum atomic E-state index is 14.1. The van der Waals surface area contributed by atoms with Crippen LogP contribution in [0, 0.1) is 5.92 Å². The number of carbonyl (C=O) groups is 6. The van der Waals surface area contributed by atoms with E-state index in [0.29, 0.717) is 84.8 Å². The molecule has 3 aromatic carbocycles. The number of aliphatic hydroxyl groups is 1. The zero-order valence-electron chi connectivity index (χ0n) is 41.6. The molecule has 2 saturated heterocycles. The Bertz CT molecular complexity index is 2640. The van der Waals surface area contributed by atoms with Gasteiger partial charge in [0.05, 0.1) is 68.1 Å². The molecule has 0 radical (unpaired) electrons. The Morgan fingerprint density at radius 2 is 1.45 bits per heavy atom. The Balaban J connectivity index is 0.978. The number of aliphatic imine (C=N–C) groups is 1. The van der Waals surface area contributed by atoms with E-state index < -0.39 is 54.2 Å². The van der Waals surface area contributed by atoms with Crippen LogP contribution in [0.5, 0.6) is 23.0 Å². The van der Waals surface area contributed by atoms with Crippen LogP contribution in [0.3, 0.4) is 0 Å². The molecule has 0 aromatic heterocycles. The van der Waals surface area contributed by atoms with Crippen LogP contribution in [0.25, 0.3) is 0 Å². The summed E-state index contributed by atoms with van der Waals surface area (Å²) in [6.45, 7) is 12.9. The maximum absolute atomic E-state index is 14.1. The molecule has 73 heavy (non-hydrogen) atoms. The number of urea groups is 1. The monoisotopic (exact) mass is 1010 g/mol. The van der Waals surface area contributed by atoms with E-state index in [1.807, 2.05) is 0 Å². The molecule has 0 aliphatic carbocycles. The Morgan fingerprint density at radius 3 is 2.11 bits per heavy atom. The number of hydrogen-bond donors (Lipinski definition) is 6. The first-order valence-corrected chi connectivity index (χ1v) is 24.3. The molecule has 3 aromatic rings. The van der Waals surface area contributed by atoms with Crippen molar-refractivity contribution in [2.75, 3.05) is 57.3 Å². The molecule has 5 atom stereocenters. The molecule has 7 amide bonds. The number of benzene rings is 3. The van der Waals surface area contributed by atoms with Crippen LogP contribution in [0.2, 0.25) is 0 Å². The lowest BCUT2D eigenvalue weighted by molar-refractivity contribution is -0.128. The van der Waals surface area contributed by atoms with Crippen molar-refractivity contribution in [3.8, 4) is 23.0 Å². The zero-order valence-corrected chi connectivity index (χ0v) is 41.6. The van der Waals surface area contributed by atoms with Gasteiger partial charge in [0.1, 0.15) is 12.6 Å². The zero-order chi connectivity index (χ0) is 52.5. The van der Waals surface area contributed by atoms with E-state index in [1.165, 1.54) is 31.3 Å². The van der Waals surface area contributed by atoms with Crippen molar-refractivity contribution in [2.45, 2.75) is 95.8 Å². The third kappa shape index (κ3) is 12.5. The summed E-state index contributed by atoms with van der Waals surface area (Å²) < 4.78 is 29.4. The summed E-state index contributed by atoms with van der Waals surface area (Å²) in [6.07, 6.45) is 2.73. The summed E-state index contributed by atoms with van der Waals surface area (Å²) >= 11 is 0. The van der Waals surface area contributed by atoms with Crippen molar-refractivity contribution in [1.29, 1.82) is 0 Å². The van der Waals surface area contributed by atoms with Crippen LogP contribution in [0.15, 0.2) is 77.8 Å². The van der Waals surface area contributed by atoms with Crippen LogP contribution >= 0.6 is 0 Å². The van der Waals surface area contributed by atoms with Crippen molar-refractivity contribution < 1.29 is 57.6 Å². The number of carbonyl (C=O) groups excluding carboxylic acids is 6. The first-order valence-electron chi connectivity index (χ1n) is 24.3. The lowest BCUT2D eigenvalue weighted by Crippen LogP contribution is -2.51. The molecule has 0 saturated carbocycles. The Hall–Kier alpha value is -7.65. The number of anilines is 2. The molecule has 390 valence electrons. The van der Waals surface area contributed by atoms with Gasteiger partial charge in [-0.1, -0.05) is 50.3 Å². The number of amides is 7. The molecule has 7 rings (SSSR count). The standard InChI is InChI=1S/C52H65N9O12/c1-29(2)45(53)47(63)58-37(11-10-16-55-51(54)67)46(62)57-33-14-12-32(13-15-33)28-73-52(68)61-39-24-44(42(70-6)22-36(39)49(65)60-27-31(4)20-40(60)50(61)66)72-18-9-7-8-17-71-43-23-38-35(21-41(43)69-5)48(64)59-26-30(3)19-34(59)25-56-38/h12-15,21-25,29,34,37,40,45,50,66H,3-4,7-11,16-20,26-28,53H2,1-2,5-6H3,(H,57,62)(H,58,63)(H3,54,55,67)/t34-,37-,40-,45-,50-/m0/s1. The van der Waals surface area contributed by atoms with Gasteiger partial charge in [0.2, 0.25) is 11.8 Å². The number of fused-ring (bicyclic) bond motifs is 4. The fourth-order valence-corrected chi connectivity index (χ4v) is 9.02. The molecule has 2 fully saturated rings. The minimum Gasteiger partial charge on any atom is -0.493 e.